The fourth-order valence-corrected chi connectivity index (χ4v) is 1.50. The van der Waals surface area contributed by atoms with Crippen LogP contribution in [0.1, 0.15) is 12.8 Å². The number of aliphatic hydroxyl groups excluding tert-OH is 1. The number of rotatable bonds is 3. The highest BCUT2D eigenvalue weighted by atomic mass is 19.4. The van der Waals surface area contributed by atoms with Gasteiger partial charge in [0.2, 0.25) is 0 Å². The first kappa shape index (κ1) is 11.7. The van der Waals surface area contributed by atoms with E-state index in [0.717, 1.165) is 0 Å². The molecule has 1 heterocycles. The number of likely N-dealkylation sites (tertiary alicyclic amines) is 1. The Morgan fingerprint density at radius 1 is 1.29 bits per heavy atom. The molecule has 0 aromatic rings. The molecule has 0 aromatic heterocycles. The molecule has 0 radical (unpaired) electrons. The van der Waals surface area contributed by atoms with Gasteiger partial charge >= 0.3 is 6.30 Å². The first-order valence-corrected chi connectivity index (χ1v) is 4.58. The maximum atomic E-state index is 12.2. The lowest BCUT2D eigenvalue weighted by Crippen LogP contribution is -2.45. The van der Waals surface area contributed by atoms with E-state index < -0.39 is 6.30 Å². The van der Waals surface area contributed by atoms with Crippen LogP contribution in [0.5, 0.6) is 0 Å². The van der Waals surface area contributed by atoms with Gasteiger partial charge in [-0.25, -0.2) is 4.90 Å². The number of alkyl halides is 3. The molecule has 14 heavy (non-hydrogen) atoms. The molecule has 6 heteroatoms. The van der Waals surface area contributed by atoms with Crippen LogP contribution in [0.4, 0.5) is 13.2 Å². The molecule has 0 spiro atoms. The third-order valence-corrected chi connectivity index (χ3v) is 2.25. The summed E-state index contributed by atoms with van der Waals surface area (Å²) in [5.74, 6) is 0. The predicted molar refractivity (Wildman–Crippen MR) is 43.7 cm³/mol. The number of ether oxygens (including phenoxy) is 1. The first-order valence-electron chi connectivity index (χ1n) is 4.58. The quantitative estimate of drug-likeness (QED) is 0.709. The fourth-order valence-electron chi connectivity index (χ4n) is 1.50. The largest absolute Gasteiger partial charge is 0.459 e. The van der Waals surface area contributed by atoms with E-state index in [1.54, 1.807) is 0 Å². The van der Waals surface area contributed by atoms with Gasteiger partial charge in [0.1, 0.15) is 0 Å². The zero-order valence-electron chi connectivity index (χ0n) is 7.76. The van der Waals surface area contributed by atoms with E-state index in [1.165, 1.54) is 0 Å². The minimum Gasteiger partial charge on any atom is -0.394 e. The number of hydrogen-bond donors (Lipinski definition) is 1. The van der Waals surface area contributed by atoms with E-state index in [-0.39, 0.29) is 32.4 Å². The third kappa shape index (κ3) is 3.43. The fraction of sp³-hybridized carbons (Fsp3) is 1.00. The number of aliphatic hydroxyl groups is 1. The van der Waals surface area contributed by atoms with E-state index >= 15 is 0 Å². The Labute approximate surface area is 80.5 Å². The van der Waals surface area contributed by atoms with Gasteiger partial charge in [-0.2, -0.15) is 13.2 Å². The molecule has 1 aliphatic rings. The molecular weight excluding hydrogens is 199 g/mol. The molecule has 0 bridgehead atoms. The topological polar surface area (TPSA) is 32.7 Å². The van der Waals surface area contributed by atoms with Crippen molar-refractivity contribution in [2.75, 3.05) is 26.3 Å². The molecule has 0 saturated carbocycles. The Morgan fingerprint density at radius 3 is 2.29 bits per heavy atom. The first-order chi connectivity index (χ1) is 6.54. The molecule has 0 aliphatic carbocycles. The van der Waals surface area contributed by atoms with Crippen molar-refractivity contribution in [2.45, 2.75) is 25.2 Å². The Morgan fingerprint density at radius 2 is 1.86 bits per heavy atom. The number of nitrogens with zero attached hydrogens (tertiary/aromatic N) is 1. The lowest BCUT2D eigenvalue weighted by atomic mass is 10.1. The van der Waals surface area contributed by atoms with Crippen molar-refractivity contribution < 1.29 is 23.0 Å². The monoisotopic (exact) mass is 213 g/mol. The molecular formula is C8H14F3NO2. The number of piperidine rings is 1. The van der Waals surface area contributed by atoms with Crippen LogP contribution in [0.15, 0.2) is 0 Å². The summed E-state index contributed by atoms with van der Waals surface area (Å²) in [4.78, 5) is 0.492. The van der Waals surface area contributed by atoms with Crippen molar-refractivity contribution in [3.63, 3.8) is 0 Å². The van der Waals surface area contributed by atoms with Crippen LogP contribution in [0.25, 0.3) is 0 Å². The zero-order chi connectivity index (χ0) is 10.6. The molecule has 0 aromatic carbocycles. The van der Waals surface area contributed by atoms with E-state index in [2.05, 4.69) is 0 Å². The molecule has 0 atom stereocenters. The van der Waals surface area contributed by atoms with Crippen LogP contribution in [-0.4, -0.2) is 48.7 Å². The van der Waals surface area contributed by atoms with Gasteiger partial charge in [0.05, 0.1) is 19.3 Å². The van der Waals surface area contributed by atoms with Gasteiger partial charge in [-0.1, -0.05) is 0 Å². The van der Waals surface area contributed by atoms with Gasteiger partial charge in [0, 0.05) is 13.1 Å². The lowest BCUT2D eigenvalue weighted by Gasteiger charge is -2.32. The van der Waals surface area contributed by atoms with E-state index in [4.69, 9.17) is 9.84 Å². The van der Waals surface area contributed by atoms with Crippen molar-refractivity contribution in [3.8, 4) is 0 Å². The highest BCUT2D eigenvalue weighted by molar-refractivity contribution is 4.73. The van der Waals surface area contributed by atoms with E-state index in [1.807, 2.05) is 0 Å². The van der Waals surface area contributed by atoms with Crippen LogP contribution < -0.4 is 0 Å². The molecule has 0 amide bonds. The van der Waals surface area contributed by atoms with E-state index in [9.17, 15) is 13.2 Å². The summed E-state index contributed by atoms with van der Waals surface area (Å²) in [5.41, 5.74) is 0. The normalized spacial score (nSPS) is 21.4. The molecule has 1 N–H and O–H groups in total. The Bertz CT molecular complexity index is 166. The Hall–Kier alpha value is -0.330. The predicted octanol–water partition coefficient (Wildman–Crippen LogP) is 0.980. The average Bonchev–Trinajstić information content (AvgIpc) is 2.14. The number of halogens is 3. The van der Waals surface area contributed by atoms with Gasteiger partial charge in [0.25, 0.3) is 0 Å². The molecule has 0 unspecified atom stereocenters. The van der Waals surface area contributed by atoms with Crippen molar-refractivity contribution in [1.29, 1.82) is 0 Å². The van der Waals surface area contributed by atoms with Crippen molar-refractivity contribution in [3.05, 3.63) is 0 Å². The van der Waals surface area contributed by atoms with Crippen LogP contribution in [-0.2, 0) is 4.74 Å². The second-order valence-electron chi connectivity index (χ2n) is 3.25. The summed E-state index contributed by atoms with van der Waals surface area (Å²) in [7, 11) is 0. The van der Waals surface area contributed by atoms with Gasteiger partial charge in [-0.15, -0.1) is 0 Å². The Balaban J connectivity index is 2.24. The van der Waals surface area contributed by atoms with E-state index in [0.29, 0.717) is 17.7 Å². The van der Waals surface area contributed by atoms with Crippen LogP contribution >= 0.6 is 0 Å². The summed E-state index contributed by atoms with van der Waals surface area (Å²) in [6.07, 6.45) is -3.61. The van der Waals surface area contributed by atoms with Crippen LogP contribution in [0.3, 0.4) is 0 Å². The van der Waals surface area contributed by atoms with Crippen molar-refractivity contribution in [1.82, 2.24) is 4.90 Å². The van der Waals surface area contributed by atoms with Gasteiger partial charge in [-0.3, -0.25) is 0 Å². The molecule has 1 fully saturated rings. The van der Waals surface area contributed by atoms with Crippen molar-refractivity contribution in [2.24, 2.45) is 0 Å². The lowest BCUT2D eigenvalue weighted by molar-refractivity contribution is -0.254. The second kappa shape index (κ2) is 4.95. The minimum absolute atomic E-state index is 0.0143. The average molecular weight is 213 g/mol. The molecule has 1 saturated heterocycles. The van der Waals surface area contributed by atoms with Gasteiger partial charge in [0.15, 0.2) is 0 Å². The van der Waals surface area contributed by atoms with Crippen molar-refractivity contribution >= 4 is 0 Å². The van der Waals surface area contributed by atoms with Crippen LogP contribution in [0, 0.1) is 0 Å². The highest BCUT2D eigenvalue weighted by Gasteiger charge is 2.39. The highest BCUT2D eigenvalue weighted by Crippen LogP contribution is 2.26. The maximum Gasteiger partial charge on any atom is 0.459 e. The SMILES string of the molecule is OCCOC1CCN(C(F)(F)F)CC1. The third-order valence-electron chi connectivity index (χ3n) is 2.25. The summed E-state index contributed by atoms with van der Waals surface area (Å²) in [6.45, 7) is 0.0926. The minimum atomic E-state index is -4.22. The van der Waals surface area contributed by atoms with Gasteiger partial charge < -0.3 is 9.84 Å². The molecule has 1 aliphatic heterocycles. The molecule has 3 nitrogen and oxygen atoms in total. The summed E-state index contributed by atoms with van der Waals surface area (Å²) < 4.78 is 41.6. The molecule has 84 valence electrons. The molecule has 1 rings (SSSR count). The zero-order valence-corrected chi connectivity index (χ0v) is 7.76. The summed E-state index contributed by atoms with van der Waals surface area (Å²) >= 11 is 0. The van der Waals surface area contributed by atoms with Gasteiger partial charge in [-0.05, 0) is 12.8 Å². The smallest absolute Gasteiger partial charge is 0.394 e. The maximum absolute atomic E-state index is 12.2. The summed E-state index contributed by atoms with van der Waals surface area (Å²) in [6, 6.07) is 0. The second-order valence-corrected chi connectivity index (χ2v) is 3.25. The summed E-state index contributed by atoms with van der Waals surface area (Å²) in [5, 5.41) is 8.46. The van der Waals surface area contributed by atoms with Crippen LogP contribution in [0.2, 0.25) is 0 Å². The number of hydrogen-bond acceptors (Lipinski definition) is 3. The standard InChI is InChI=1S/C8H14F3NO2/c9-8(10,11)12-3-1-7(2-4-12)14-6-5-13/h7,13H,1-6H2. The Kier molecular flexibility index (Phi) is 4.15.